The number of carbonyl (C=O) groups is 3. The van der Waals surface area contributed by atoms with Crippen LogP contribution in [0.2, 0.25) is 0 Å². The molecule has 1 aliphatic carbocycles. The van der Waals surface area contributed by atoms with Gasteiger partial charge in [-0.1, -0.05) is 123 Å². The van der Waals surface area contributed by atoms with E-state index in [1.807, 2.05) is 0 Å². The van der Waals surface area contributed by atoms with Crippen LogP contribution in [0, 0.1) is 17.8 Å². The van der Waals surface area contributed by atoms with Gasteiger partial charge in [0.25, 0.3) is 0 Å². The monoisotopic (exact) mass is 792 g/mol. The first kappa shape index (κ1) is 50.3. The van der Waals surface area contributed by atoms with Crippen LogP contribution in [0.4, 0.5) is 0 Å². The number of Topliss-reactive ketones (excluding diaryl/α,β-unsaturated/α-hetero) is 1. The Kier molecular flexibility index (Phi) is 28.4. The normalized spacial score (nSPS) is 20.3. The van der Waals surface area contributed by atoms with Gasteiger partial charge >= 0.3 is 19.8 Å². The summed E-state index contributed by atoms with van der Waals surface area (Å²) < 4.78 is 32.6. The topological polar surface area (TPSA) is 206 Å². The van der Waals surface area contributed by atoms with Crippen LogP contribution >= 0.6 is 7.82 Å². The van der Waals surface area contributed by atoms with E-state index >= 15 is 0 Å². The molecular formula is C40H73O13P. The van der Waals surface area contributed by atoms with Crippen molar-refractivity contribution in [1.82, 2.24) is 0 Å². The standard InChI is InChI=1S/C40H73O13P/c1-4-5-14-20-32(42)24-25-36-35(37(44)26-38(36)45)21-16-12-13-18-23-40(47)53-34(30-52-54(48,49)51-28-33(43)27-41)29-50-39(46)22-17-11-9-7-6-8-10-15-19-31(2)3/h24-25,31-36,38,41-43,45H,4-23,26-30H2,1-3H3,(H,48,49)/b25-24+/t32-,33-,34+,35+,36+,38+/m0/s1. The molecule has 1 unspecified atom stereocenters. The summed E-state index contributed by atoms with van der Waals surface area (Å²) in [4.78, 5) is 47.6. The van der Waals surface area contributed by atoms with Crippen LogP contribution in [0.3, 0.4) is 0 Å². The van der Waals surface area contributed by atoms with Crippen molar-refractivity contribution in [2.24, 2.45) is 17.8 Å². The van der Waals surface area contributed by atoms with E-state index in [4.69, 9.17) is 19.1 Å². The summed E-state index contributed by atoms with van der Waals surface area (Å²) in [7, 11) is -4.68. The number of unbranched alkanes of at least 4 members (excludes halogenated alkanes) is 12. The number of ether oxygens (including phenoxy) is 2. The molecule has 1 aliphatic rings. The highest BCUT2D eigenvalue weighted by Crippen LogP contribution is 2.43. The zero-order valence-corrected chi connectivity index (χ0v) is 34.2. The Hall–Kier alpha value is -1.70. The van der Waals surface area contributed by atoms with Gasteiger partial charge in [-0.15, -0.1) is 0 Å². The lowest BCUT2D eigenvalue weighted by Gasteiger charge is -2.20. The van der Waals surface area contributed by atoms with Crippen molar-refractivity contribution in [1.29, 1.82) is 0 Å². The number of aliphatic hydroxyl groups excluding tert-OH is 4. The number of ketones is 1. The minimum atomic E-state index is -4.68. The fourth-order valence-corrected chi connectivity index (χ4v) is 7.27. The third kappa shape index (κ3) is 25.5. The highest BCUT2D eigenvalue weighted by Gasteiger charge is 2.39. The lowest BCUT2D eigenvalue weighted by atomic mass is 9.88. The minimum Gasteiger partial charge on any atom is -0.462 e. The molecule has 1 fully saturated rings. The van der Waals surface area contributed by atoms with E-state index in [2.05, 4.69) is 25.3 Å². The SMILES string of the molecule is CCCCC[C@H](O)/C=C/[C@H]1[C@H](O)CC(=O)[C@@H]1CCCCCCC(=O)O[C@H](COC(=O)CCCCCCCCCCC(C)C)COP(=O)(O)OC[C@@H](O)CO. The van der Waals surface area contributed by atoms with Crippen molar-refractivity contribution in [3.8, 4) is 0 Å². The van der Waals surface area contributed by atoms with E-state index in [1.54, 1.807) is 12.2 Å². The second-order valence-corrected chi connectivity index (χ2v) is 16.7. The first-order valence-electron chi connectivity index (χ1n) is 20.6. The number of esters is 2. The summed E-state index contributed by atoms with van der Waals surface area (Å²) >= 11 is 0. The highest BCUT2D eigenvalue weighted by atomic mass is 31.2. The van der Waals surface area contributed by atoms with E-state index in [1.165, 1.54) is 32.1 Å². The van der Waals surface area contributed by atoms with Gasteiger partial charge in [0.1, 0.15) is 18.5 Å². The van der Waals surface area contributed by atoms with E-state index in [-0.39, 0.29) is 43.5 Å². The van der Waals surface area contributed by atoms with Crippen LogP contribution in [0.15, 0.2) is 12.2 Å². The first-order chi connectivity index (χ1) is 25.8. The second kappa shape index (κ2) is 30.4. The average molecular weight is 793 g/mol. The van der Waals surface area contributed by atoms with Gasteiger partial charge in [0.2, 0.25) is 0 Å². The molecule has 1 saturated carbocycles. The number of aliphatic hydroxyl groups is 4. The molecule has 0 amide bonds. The second-order valence-electron chi connectivity index (χ2n) is 15.3. The molecule has 1 rings (SSSR count). The number of hydrogen-bond donors (Lipinski definition) is 5. The van der Waals surface area contributed by atoms with Crippen LogP contribution < -0.4 is 0 Å². The summed E-state index contributed by atoms with van der Waals surface area (Å²) in [6.07, 6.45) is 16.7. The molecule has 13 nitrogen and oxygen atoms in total. The van der Waals surface area contributed by atoms with Gasteiger partial charge in [-0.2, -0.15) is 0 Å². The van der Waals surface area contributed by atoms with Crippen LogP contribution in [-0.2, 0) is 37.5 Å². The number of hydrogen-bond acceptors (Lipinski definition) is 12. The maximum atomic E-state index is 12.7. The molecule has 316 valence electrons. The average Bonchev–Trinajstić information content (AvgIpc) is 3.40. The highest BCUT2D eigenvalue weighted by molar-refractivity contribution is 7.47. The molecular weight excluding hydrogens is 719 g/mol. The van der Waals surface area contributed by atoms with Crippen molar-refractivity contribution < 1.29 is 62.8 Å². The molecule has 0 aromatic rings. The van der Waals surface area contributed by atoms with E-state index in [0.717, 1.165) is 57.3 Å². The summed E-state index contributed by atoms with van der Waals surface area (Å²) in [5.41, 5.74) is 0. The Morgan fingerprint density at radius 2 is 1.39 bits per heavy atom. The third-order valence-electron chi connectivity index (χ3n) is 9.74. The van der Waals surface area contributed by atoms with Crippen molar-refractivity contribution in [3.63, 3.8) is 0 Å². The predicted octanol–water partition coefficient (Wildman–Crippen LogP) is 6.89. The van der Waals surface area contributed by atoms with Gasteiger partial charge in [0.05, 0.1) is 32.0 Å². The van der Waals surface area contributed by atoms with Gasteiger partial charge in [0, 0.05) is 31.1 Å². The fourth-order valence-electron chi connectivity index (χ4n) is 6.48. The zero-order valence-electron chi connectivity index (χ0n) is 33.3. The van der Waals surface area contributed by atoms with E-state index in [0.29, 0.717) is 32.1 Å². The Balaban J connectivity index is 2.49. The molecule has 0 aliphatic heterocycles. The van der Waals surface area contributed by atoms with Crippen LogP contribution in [-0.4, -0.2) is 93.9 Å². The van der Waals surface area contributed by atoms with Crippen molar-refractivity contribution in [2.45, 2.75) is 180 Å². The summed E-state index contributed by atoms with van der Waals surface area (Å²) in [5.74, 6) is -0.942. The molecule has 0 bridgehead atoms. The third-order valence-corrected chi connectivity index (χ3v) is 10.7. The summed E-state index contributed by atoms with van der Waals surface area (Å²) in [6, 6.07) is 0. The van der Waals surface area contributed by atoms with Gasteiger partial charge < -0.3 is 34.8 Å². The first-order valence-corrected chi connectivity index (χ1v) is 22.1. The van der Waals surface area contributed by atoms with Crippen molar-refractivity contribution in [3.05, 3.63) is 12.2 Å². The Morgan fingerprint density at radius 3 is 2.02 bits per heavy atom. The van der Waals surface area contributed by atoms with Gasteiger partial charge in [-0.3, -0.25) is 23.4 Å². The van der Waals surface area contributed by atoms with E-state index in [9.17, 15) is 39.2 Å². The number of carbonyl (C=O) groups excluding carboxylic acids is 3. The molecule has 0 radical (unpaired) electrons. The molecule has 0 aromatic carbocycles. The minimum absolute atomic E-state index is 0.0239. The molecule has 14 heteroatoms. The Bertz CT molecular complexity index is 1080. The lowest BCUT2D eigenvalue weighted by molar-refractivity contribution is -0.161. The Morgan fingerprint density at radius 1 is 0.815 bits per heavy atom. The molecule has 54 heavy (non-hydrogen) atoms. The van der Waals surface area contributed by atoms with Crippen LogP contribution in [0.1, 0.15) is 156 Å². The largest absolute Gasteiger partial charge is 0.472 e. The Labute approximate surface area is 324 Å². The predicted molar refractivity (Wildman–Crippen MR) is 206 cm³/mol. The quantitative estimate of drug-likeness (QED) is 0.0195. The van der Waals surface area contributed by atoms with Gasteiger partial charge in [-0.05, 0) is 31.6 Å². The molecule has 5 N–H and O–H groups in total. The molecule has 7 atom stereocenters. The lowest BCUT2D eigenvalue weighted by Crippen LogP contribution is -2.29. The number of phosphoric acid groups is 1. The maximum Gasteiger partial charge on any atom is 0.472 e. The fraction of sp³-hybridized carbons (Fsp3) is 0.875. The molecule has 0 saturated heterocycles. The summed E-state index contributed by atoms with van der Waals surface area (Å²) in [6.45, 7) is 4.25. The van der Waals surface area contributed by atoms with Crippen LogP contribution in [0.25, 0.3) is 0 Å². The molecule has 0 spiro atoms. The smallest absolute Gasteiger partial charge is 0.462 e. The summed E-state index contributed by atoms with van der Waals surface area (Å²) in [5, 5.41) is 39.0. The van der Waals surface area contributed by atoms with Gasteiger partial charge in [-0.25, -0.2) is 4.57 Å². The zero-order chi connectivity index (χ0) is 40.2. The van der Waals surface area contributed by atoms with E-state index < -0.39 is 64.0 Å². The van der Waals surface area contributed by atoms with Crippen molar-refractivity contribution in [2.75, 3.05) is 26.4 Å². The number of rotatable bonds is 34. The van der Waals surface area contributed by atoms with Crippen LogP contribution in [0.5, 0.6) is 0 Å². The molecule has 0 aromatic heterocycles. The van der Waals surface area contributed by atoms with Gasteiger partial charge in [0.15, 0.2) is 6.10 Å². The van der Waals surface area contributed by atoms with Crippen molar-refractivity contribution >= 4 is 25.5 Å². The number of phosphoric ester groups is 1. The maximum absolute atomic E-state index is 12.7. The molecule has 0 heterocycles.